The van der Waals surface area contributed by atoms with E-state index in [-0.39, 0.29) is 11.8 Å². The van der Waals surface area contributed by atoms with Crippen LogP contribution in [-0.4, -0.2) is 58.7 Å². The number of hydrogen-bond donors (Lipinski definition) is 1. The van der Waals surface area contributed by atoms with Crippen LogP contribution in [0, 0.1) is 0 Å². The lowest BCUT2D eigenvalue weighted by Gasteiger charge is -2.40. The first kappa shape index (κ1) is 26.4. The van der Waals surface area contributed by atoms with Gasteiger partial charge in [-0.1, -0.05) is 17.7 Å². The average Bonchev–Trinajstić information content (AvgIpc) is 2.94. The zero-order valence-corrected chi connectivity index (χ0v) is 22.3. The van der Waals surface area contributed by atoms with Crippen LogP contribution in [0.5, 0.6) is 23.0 Å². The summed E-state index contributed by atoms with van der Waals surface area (Å²) in [5, 5.41) is 3.15. The molecule has 0 aromatic heterocycles. The number of likely N-dealkylation sites (N-methyl/N-ethyl adjacent to an activating group) is 1. The Kier molecular flexibility index (Phi) is 8.26. The van der Waals surface area contributed by atoms with Crippen molar-refractivity contribution < 1.29 is 28.5 Å². The van der Waals surface area contributed by atoms with Crippen LogP contribution in [0.2, 0.25) is 0 Å². The highest BCUT2D eigenvalue weighted by Crippen LogP contribution is 2.46. The van der Waals surface area contributed by atoms with Crippen LogP contribution in [0.4, 0.5) is 0 Å². The lowest BCUT2D eigenvalue weighted by Crippen LogP contribution is -2.45. The number of methoxy groups -OCH3 is 4. The average molecular weight is 509 g/mol. The van der Waals surface area contributed by atoms with E-state index < -0.39 is 12.0 Å². The van der Waals surface area contributed by atoms with Crippen molar-refractivity contribution in [1.29, 1.82) is 0 Å². The van der Waals surface area contributed by atoms with Crippen LogP contribution in [0.3, 0.4) is 0 Å². The van der Waals surface area contributed by atoms with Crippen LogP contribution in [-0.2, 0) is 4.79 Å². The quantitative estimate of drug-likeness (QED) is 0.497. The largest absolute Gasteiger partial charge is 0.493 e. The molecule has 37 heavy (non-hydrogen) atoms. The Morgan fingerprint density at radius 3 is 2.27 bits per heavy atom. The summed E-state index contributed by atoms with van der Waals surface area (Å²) in [5.74, 6) is 0.991. The van der Waals surface area contributed by atoms with Gasteiger partial charge in [0.1, 0.15) is 0 Å². The SMILES string of the molecule is COc1ccc([C@H]2[C@H](C(=O)NCCC3=CCCCC3)c3cc(OC)c(OC)cc3C(=O)N2C)cc1OC. The van der Waals surface area contributed by atoms with E-state index >= 15 is 0 Å². The van der Waals surface area contributed by atoms with Crippen molar-refractivity contribution in [3.63, 3.8) is 0 Å². The fraction of sp³-hybridized carbons (Fsp3) is 0.448. The van der Waals surface area contributed by atoms with Crippen LogP contribution in [0.1, 0.15) is 65.5 Å². The van der Waals surface area contributed by atoms with E-state index in [0.29, 0.717) is 40.7 Å². The van der Waals surface area contributed by atoms with Gasteiger partial charge in [0.2, 0.25) is 5.91 Å². The van der Waals surface area contributed by atoms with Crippen LogP contribution >= 0.6 is 0 Å². The van der Waals surface area contributed by atoms with E-state index in [1.165, 1.54) is 25.5 Å². The van der Waals surface area contributed by atoms with Crippen molar-refractivity contribution in [1.82, 2.24) is 10.2 Å². The van der Waals surface area contributed by atoms with Crippen LogP contribution in [0.25, 0.3) is 0 Å². The fourth-order valence-electron chi connectivity index (χ4n) is 5.37. The number of hydrogen-bond acceptors (Lipinski definition) is 6. The fourth-order valence-corrected chi connectivity index (χ4v) is 5.37. The number of benzene rings is 2. The molecular formula is C29H36N2O6. The van der Waals surface area contributed by atoms with Crippen molar-refractivity contribution in [2.24, 2.45) is 0 Å². The van der Waals surface area contributed by atoms with Gasteiger partial charge in [-0.05, 0) is 67.5 Å². The second kappa shape index (κ2) is 11.6. The summed E-state index contributed by atoms with van der Waals surface area (Å²) in [6.07, 6.45) is 7.74. The third-order valence-electron chi connectivity index (χ3n) is 7.34. The summed E-state index contributed by atoms with van der Waals surface area (Å²) in [5.41, 5.74) is 3.19. The predicted molar refractivity (Wildman–Crippen MR) is 141 cm³/mol. The summed E-state index contributed by atoms with van der Waals surface area (Å²) in [6.45, 7) is 0.542. The van der Waals surface area contributed by atoms with Crippen molar-refractivity contribution in [3.05, 3.63) is 58.7 Å². The molecule has 0 unspecified atom stereocenters. The van der Waals surface area contributed by atoms with E-state index in [1.54, 1.807) is 51.5 Å². The summed E-state index contributed by atoms with van der Waals surface area (Å²) < 4.78 is 21.9. The molecule has 0 bridgehead atoms. The van der Waals surface area contributed by atoms with Crippen molar-refractivity contribution >= 4 is 11.8 Å². The second-order valence-electron chi connectivity index (χ2n) is 9.40. The highest BCUT2D eigenvalue weighted by Gasteiger charge is 2.43. The maximum atomic E-state index is 13.9. The van der Waals surface area contributed by atoms with Gasteiger partial charge in [0.05, 0.1) is 40.4 Å². The molecule has 1 N–H and O–H groups in total. The van der Waals surface area contributed by atoms with Gasteiger partial charge >= 0.3 is 0 Å². The summed E-state index contributed by atoms with van der Waals surface area (Å²) in [7, 11) is 7.92. The number of ether oxygens (including phenoxy) is 4. The number of carbonyl (C=O) groups excluding carboxylic acids is 2. The first-order valence-electron chi connectivity index (χ1n) is 12.6. The molecule has 1 heterocycles. The van der Waals surface area contributed by atoms with Gasteiger partial charge in [-0.15, -0.1) is 0 Å². The zero-order chi connectivity index (χ0) is 26.5. The molecule has 2 aliphatic rings. The van der Waals surface area contributed by atoms with Gasteiger partial charge < -0.3 is 29.2 Å². The first-order valence-corrected chi connectivity index (χ1v) is 12.6. The predicted octanol–water partition coefficient (Wildman–Crippen LogP) is 4.64. The number of amides is 2. The van der Waals surface area contributed by atoms with E-state index in [2.05, 4.69) is 11.4 Å². The number of carbonyl (C=O) groups is 2. The Balaban J connectivity index is 1.76. The van der Waals surface area contributed by atoms with Crippen molar-refractivity contribution in [2.75, 3.05) is 42.0 Å². The summed E-state index contributed by atoms with van der Waals surface area (Å²) >= 11 is 0. The molecular weight excluding hydrogens is 472 g/mol. The first-order chi connectivity index (χ1) is 17.9. The summed E-state index contributed by atoms with van der Waals surface area (Å²) in [6, 6.07) is 8.33. The normalized spacial score (nSPS) is 19.0. The molecule has 2 amide bonds. The molecule has 0 saturated carbocycles. The molecule has 0 saturated heterocycles. The molecule has 1 aliphatic carbocycles. The minimum Gasteiger partial charge on any atom is -0.493 e. The minimum atomic E-state index is -0.670. The molecule has 198 valence electrons. The molecule has 0 spiro atoms. The van der Waals surface area contributed by atoms with Gasteiger partial charge in [0, 0.05) is 19.2 Å². The minimum absolute atomic E-state index is 0.149. The molecule has 2 atom stereocenters. The lowest BCUT2D eigenvalue weighted by atomic mass is 9.79. The van der Waals surface area contributed by atoms with Gasteiger partial charge in [0.15, 0.2) is 23.0 Å². The zero-order valence-electron chi connectivity index (χ0n) is 22.3. The molecule has 8 heteroatoms. The van der Waals surface area contributed by atoms with E-state index in [1.807, 2.05) is 12.1 Å². The number of allylic oxidation sites excluding steroid dienone is 1. The highest BCUT2D eigenvalue weighted by molar-refractivity contribution is 6.02. The molecule has 8 nitrogen and oxygen atoms in total. The topological polar surface area (TPSA) is 86.3 Å². The number of nitrogens with zero attached hydrogens (tertiary/aromatic N) is 1. The molecule has 2 aromatic carbocycles. The second-order valence-corrected chi connectivity index (χ2v) is 9.40. The molecule has 0 fully saturated rings. The monoisotopic (exact) mass is 508 g/mol. The Hall–Kier alpha value is -3.68. The third-order valence-corrected chi connectivity index (χ3v) is 7.34. The van der Waals surface area contributed by atoms with Crippen molar-refractivity contribution in [3.8, 4) is 23.0 Å². The summed E-state index contributed by atoms with van der Waals surface area (Å²) in [4.78, 5) is 29.1. The van der Waals surface area contributed by atoms with E-state index in [4.69, 9.17) is 18.9 Å². The molecule has 1 aliphatic heterocycles. The lowest BCUT2D eigenvalue weighted by molar-refractivity contribution is -0.124. The molecule has 0 radical (unpaired) electrons. The molecule has 2 aromatic rings. The van der Waals surface area contributed by atoms with Gasteiger partial charge in [0.25, 0.3) is 5.91 Å². The third kappa shape index (κ3) is 5.24. The maximum absolute atomic E-state index is 13.9. The van der Waals surface area contributed by atoms with E-state index in [9.17, 15) is 9.59 Å². The number of rotatable bonds is 9. The standard InChI is InChI=1S/C29H36N2O6/c1-31-27(19-11-12-22(34-2)23(15-19)35-3)26(28(32)30-14-13-18-9-7-6-8-10-18)20-16-24(36-4)25(37-5)17-21(20)29(31)33/h9,11-12,15-17,26-27H,6-8,10,13-14H2,1-5H3,(H,30,32)/t26-,27+/m1/s1. The van der Waals surface area contributed by atoms with Crippen LogP contribution in [0.15, 0.2) is 42.0 Å². The Morgan fingerprint density at radius 2 is 1.62 bits per heavy atom. The number of nitrogens with one attached hydrogen (secondary N) is 1. The van der Waals surface area contributed by atoms with E-state index in [0.717, 1.165) is 24.8 Å². The highest BCUT2D eigenvalue weighted by atomic mass is 16.5. The smallest absolute Gasteiger partial charge is 0.254 e. The van der Waals surface area contributed by atoms with Gasteiger partial charge in [-0.2, -0.15) is 0 Å². The Morgan fingerprint density at radius 1 is 0.946 bits per heavy atom. The number of fused-ring (bicyclic) bond motifs is 1. The Labute approximate surface area is 218 Å². The van der Waals surface area contributed by atoms with Gasteiger partial charge in [-0.25, -0.2) is 0 Å². The maximum Gasteiger partial charge on any atom is 0.254 e. The molecule has 4 rings (SSSR count). The van der Waals surface area contributed by atoms with Crippen molar-refractivity contribution in [2.45, 2.75) is 44.1 Å². The van der Waals surface area contributed by atoms with Crippen LogP contribution < -0.4 is 24.3 Å². The Bertz CT molecular complexity index is 1190. The van der Waals surface area contributed by atoms with Gasteiger partial charge in [-0.3, -0.25) is 9.59 Å².